The number of benzene rings is 1. The number of halogens is 1. The molecular weight excluding hydrogens is 213 g/mol. The fourth-order valence-corrected chi connectivity index (χ4v) is 1.38. The molecule has 6 heteroatoms. The molecule has 0 aliphatic heterocycles. The molecule has 1 aromatic heterocycles. The molecule has 5 nitrogen and oxygen atoms in total. The van der Waals surface area contributed by atoms with Gasteiger partial charge in [0.1, 0.15) is 12.0 Å². The largest absolute Gasteiger partial charge is 0.381 e. The second-order valence-corrected chi connectivity index (χ2v) is 3.29. The molecule has 82 valence electrons. The van der Waals surface area contributed by atoms with Crippen molar-refractivity contribution in [2.24, 2.45) is 0 Å². The first-order valence-corrected chi connectivity index (χ1v) is 4.56. The van der Waals surface area contributed by atoms with Gasteiger partial charge in [-0.05, 0) is 27.6 Å². The van der Waals surface area contributed by atoms with Gasteiger partial charge < -0.3 is 14.7 Å². The molecular formula is C10H8FN3O2. The van der Waals surface area contributed by atoms with E-state index in [1.165, 1.54) is 29.2 Å². The molecule has 1 heterocycles. The standard InChI is InChI=1S/C10H8FN3O2/c11-9-3-1-2-8(4-9)5-13-6-10(12-7-13)14(15)16/h1-4,6-7H,5H2. The van der Waals surface area contributed by atoms with Crippen molar-refractivity contribution in [3.05, 3.63) is 58.3 Å². The van der Waals surface area contributed by atoms with E-state index in [4.69, 9.17) is 0 Å². The van der Waals surface area contributed by atoms with E-state index in [2.05, 4.69) is 4.98 Å². The van der Waals surface area contributed by atoms with E-state index >= 15 is 0 Å². The van der Waals surface area contributed by atoms with Gasteiger partial charge in [0.25, 0.3) is 0 Å². The third-order valence-electron chi connectivity index (χ3n) is 2.06. The Morgan fingerprint density at radius 1 is 1.50 bits per heavy atom. The van der Waals surface area contributed by atoms with Gasteiger partial charge in [-0.25, -0.2) is 4.39 Å². The number of aromatic nitrogens is 2. The van der Waals surface area contributed by atoms with Crippen molar-refractivity contribution in [2.45, 2.75) is 6.54 Å². The number of nitrogens with zero attached hydrogens (tertiary/aromatic N) is 3. The van der Waals surface area contributed by atoms with Crippen molar-refractivity contribution in [3.8, 4) is 0 Å². The van der Waals surface area contributed by atoms with Gasteiger partial charge in [-0.2, -0.15) is 0 Å². The summed E-state index contributed by atoms with van der Waals surface area (Å²) in [5.41, 5.74) is 0.729. The van der Waals surface area contributed by atoms with Crippen LogP contribution < -0.4 is 0 Å². The minimum absolute atomic E-state index is 0.212. The summed E-state index contributed by atoms with van der Waals surface area (Å²) in [5, 5.41) is 10.4. The molecule has 0 bridgehead atoms. The molecule has 1 aromatic carbocycles. The van der Waals surface area contributed by atoms with E-state index < -0.39 is 4.92 Å². The molecule has 0 saturated heterocycles. The van der Waals surface area contributed by atoms with Crippen molar-refractivity contribution in [2.75, 3.05) is 0 Å². The second-order valence-electron chi connectivity index (χ2n) is 3.29. The Hall–Kier alpha value is -2.24. The average molecular weight is 221 g/mol. The third kappa shape index (κ3) is 2.22. The van der Waals surface area contributed by atoms with Gasteiger partial charge in [0.05, 0.1) is 6.54 Å². The van der Waals surface area contributed by atoms with Gasteiger partial charge in [0.2, 0.25) is 6.33 Å². The predicted molar refractivity (Wildman–Crippen MR) is 54.4 cm³/mol. The maximum atomic E-state index is 12.9. The van der Waals surface area contributed by atoms with Crippen molar-refractivity contribution in [1.29, 1.82) is 0 Å². The highest BCUT2D eigenvalue weighted by Gasteiger charge is 2.09. The second kappa shape index (κ2) is 4.09. The molecule has 0 amide bonds. The molecule has 0 radical (unpaired) electrons. The van der Waals surface area contributed by atoms with Crippen LogP contribution in [0.25, 0.3) is 0 Å². The highest BCUT2D eigenvalue weighted by molar-refractivity contribution is 5.19. The van der Waals surface area contributed by atoms with Crippen LogP contribution in [0.5, 0.6) is 0 Å². The Bertz CT molecular complexity index is 524. The van der Waals surface area contributed by atoms with Gasteiger partial charge >= 0.3 is 5.82 Å². The summed E-state index contributed by atoms with van der Waals surface area (Å²) in [6, 6.07) is 6.07. The summed E-state index contributed by atoms with van der Waals surface area (Å²) >= 11 is 0. The van der Waals surface area contributed by atoms with Crippen LogP contribution in [0.2, 0.25) is 0 Å². The molecule has 0 saturated carbocycles. The molecule has 0 unspecified atom stereocenters. The number of hydrogen-bond acceptors (Lipinski definition) is 3. The van der Waals surface area contributed by atoms with E-state index in [1.807, 2.05) is 0 Å². The first kappa shape index (κ1) is 10.3. The minimum atomic E-state index is -0.567. The van der Waals surface area contributed by atoms with Crippen LogP contribution in [0, 0.1) is 15.9 Å². The number of hydrogen-bond donors (Lipinski definition) is 0. The summed E-state index contributed by atoms with van der Waals surface area (Å²) in [7, 11) is 0. The summed E-state index contributed by atoms with van der Waals surface area (Å²) in [6.07, 6.45) is 2.66. The van der Waals surface area contributed by atoms with Crippen LogP contribution in [0.4, 0.5) is 10.2 Å². The topological polar surface area (TPSA) is 61.0 Å². The molecule has 0 aliphatic rings. The van der Waals surface area contributed by atoms with Crippen LogP contribution in [-0.2, 0) is 6.54 Å². The van der Waals surface area contributed by atoms with Gasteiger partial charge in [-0.15, -0.1) is 0 Å². The van der Waals surface area contributed by atoms with Gasteiger partial charge in [-0.3, -0.25) is 0 Å². The lowest BCUT2D eigenvalue weighted by Gasteiger charge is -2.00. The Kier molecular flexibility index (Phi) is 2.63. The van der Waals surface area contributed by atoms with Crippen molar-refractivity contribution >= 4 is 5.82 Å². The lowest BCUT2D eigenvalue weighted by molar-refractivity contribution is -0.389. The van der Waals surface area contributed by atoms with Crippen LogP contribution in [0.15, 0.2) is 36.8 Å². The van der Waals surface area contributed by atoms with Crippen molar-refractivity contribution in [1.82, 2.24) is 9.55 Å². The van der Waals surface area contributed by atoms with E-state index in [0.717, 1.165) is 5.56 Å². The van der Waals surface area contributed by atoms with Gasteiger partial charge in [0, 0.05) is 0 Å². The van der Waals surface area contributed by atoms with E-state index in [0.29, 0.717) is 6.54 Å². The summed E-state index contributed by atoms with van der Waals surface area (Å²) in [6.45, 7) is 0.360. The molecule has 0 fully saturated rings. The fraction of sp³-hybridized carbons (Fsp3) is 0.100. The predicted octanol–water partition coefficient (Wildman–Crippen LogP) is 1.98. The minimum Gasteiger partial charge on any atom is -0.358 e. The summed E-state index contributed by atoms with van der Waals surface area (Å²) in [4.78, 5) is 13.4. The maximum Gasteiger partial charge on any atom is 0.381 e. The first-order chi connectivity index (χ1) is 7.65. The number of imidazole rings is 1. The smallest absolute Gasteiger partial charge is 0.358 e. The molecule has 2 aromatic rings. The fourth-order valence-electron chi connectivity index (χ4n) is 1.38. The van der Waals surface area contributed by atoms with Crippen LogP contribution >= 0.6 is 0 Å². The van der Waals surface area contributed by atoms with E-state index in [-0.39, 0.29) is 11.6 Å². The van der Waals surface area contributed by atoms with Crippen LogP contribution in [0.3, 0.4) is 0 Å². The van der Waals surface area contributed by atoms with Gasteiger partial charge in [0.15, 0.2) is 0 Å². The zero-order valence-electron chi connectivity index (χ0n) is 8.21. The zero-order chi connectivity index (χ0) is 11.5. The quantitative estimate of drug-likeness (QED) is 0.588. The lowest BCUT2D eigenvalue weighted by Crippen LogP contribution is -1.96. The van der Waals surface area contributed by atoms with Crippen LogP contribution in [0.1, 0.15) is 5.56 Å². The molecule has 0 atom stereocenters. The molecule has 0 N–H and O–H groups in total. The average Bonchev–Trinajstić information content (AvgIpc) is 2.66. The van der Waals surface area contributed by atoms with E-state index in [1.54, 1.807) is 12.1 Å². The number of nitro groups is 1. The third-order valence-corrected chi connectivity index (χ3v) is 2.06. The normalized spacial score (nSPS) is 10.3. The van der Waals surface area contributed by atoms with Crippen molar-refractivity contribution in [3.63, 3.8) is 0 Å². The highest BCUT2D eigenvalue weighted by Crippen LogP contribution is 2.09. The molecule has 0 aliphatic carbocycles. The Morgan fingerprint density at radius 2 is 2.31 bits per heavy atom. The van der Waals surface area contributed by atoms with Gasteiger partial charge in [-0.1, -0.05) is 12.1 Å². The maximum absolute atomic E-state index is 12.9. The van der Waals surface area contributed by atoms with Crippen molar-refractivity contribution < 1.29 is 9.31 Å². The molecule has 2 rings (SSSR count). The molecule has 16 heavy (non-hydrogen) atoms. The monoisotopic (exact) mass is 221 g/mol. The lowest BCUT2D eigenvalue weighted by atomic mass is 10.2. The Balaban J connectivity index is 2.17. The zero-order valence-corrected chi connectivity index (χ0v) is 8.21. The Labute approximate surface area is 90.3 Å². The number of rotatable bonds is 3. The summed E-state index contributed by atoms with van der Waals surface area (Å²) in [5.74, 6) is -0.538. The summed E-state index contributed by atoms with van der Waals surface area (Å²) < 4.78 is 14.4. The molecule has 0 spiro atoms. The SMILES string of the molecule is O=[N+]([O-])c1cn(Cc2cccc(F)c2)cn1. The van der Waals surface area contributed by atoms with Crippen LogP contribution in [-0.4, -0.2) is 14.5 Å². The highest BCUT2D eigenvalue weighted by atomic mass is 19.1. The Morgan fingerprint density at radius 3 is 2.94 bits per heavy atom. The van der Waals surface area contributed by atoms with E-state index in [9.17, 15) is 14.5 Å². The first-order valence-electron chi connectivity index (χ1n) is 4.56.